The number of benzene rings is 1. The molecule has 2 amide bonds. The third kappa shape index (κ3) is 3.71. The summed E-state index contributed by atoms with van der Waals surface area (Å²) in [6.07, 6.45) is 3.37. The Hall–Kier alpha value is -2.04. The van der Waals surface area contributed by atoms with Crippen molar-refractivity contribution in [2.75, 3.05) is 13.7 Å². The minimum absolute atomic E-state index is 0.0405. The first-order valence-electron chi connectivity index (χ1n) is 9.55. The summed E-state index contributed by atoms with van der Waals surface area (Å²) in [5, 5.41) is 3.23. The van der Waals surface area contributed by atoms with E-state index in [0.717, 1.165) is 30.6 Å². The number of nitrogens with one attached hydrogen (secondary N) is 1. The quantitative estimate of drug-likeness (QED) is 0.884. The summed E-state index contributed by atoms with van der Waals surface area (Å²) in [6.45, 7) is 6.53. The molecule has 2 heterocycles. The number of hydrogen-bond donors (Lipinski definition) is 1. The number of fused-ring (bicyclic) bond motifs is 1. The van der Waals surface area contributed by atoms with Gasteiger partial charge in [-0.25, -0.2) is 0 Å². The highest BCUT2D eigenvalue weighted by atomic mass is 16.5. The summed E-state index contributed by atoms with van der Waals surface area (Å²) in [6, 6.07) is 8.01. The second-order valence-electron chi connectivity index (χ2n) is 8.50. The van der Waals surface area contributed by atoms with Gasteiger partial charge < -0.3 is 15.0 Å². The molecule has 2 aliphatic rings. The molecule has 2 aliphatic heterocycles. The maximum absolute atomic E-state index is 13.1. The largest absolute Gasteiger partial charge is 0.497 e. The number of carbonyl (C=O) groups excluding carboxylic acids is 2. The van der Waals surface area contributed by atoms with Crippen molar-refractivity contribution in [2.45, 2.75) is 64.5 Å². The first kappa shape index (κ1) is 18.7. The van der Waals surface area contributed by atoms with Crippen LogP contribution < -0.4 is 10.1 Å². The van der Waals surface area contributed by atoms with Gasteiger partial charge in [0.05, 0.1) is 19.2 Å². The van der Waals surface area contributed by atoms with Crippen LogP contribution in [0.3, 0.4) is 0 Å². The summed E-state index contributed by atoms with van der Waals surface area (Å²) >= 11 is 0. The van der Waals surface area contributed by atoms with Gasteiger partial charge in [-0.05, 0) is 30.5 Å². The van der Waals surface area contributed by atoms with E-state index in [0.29, 0.717) is 13.0 Å². The Balaban J connectivity index is 1.97. The zero-order valence-electron chi connectivity index (χ0n) is 16.2. The van der Waals surface area contributed by atoms with Crippen LogP contribution in [0.1, 0.15) is 57.9 Å². The Morgan fingerprint density at radius 2 is 2.04 bits per heavy atom. The molecule has 1 N–H and O–H groups in total. The molecule has 3 rings (SSSR count). The van der Waals surface area contributed by atoms with Gasteiger partial charge in [0, 0.05) is 24.3 Å². The number of hydrogen-bond acceptors (Lipinski definition) is 3. The smallest absolute Gasteiger partial charge is 0.228 e. The van der Waals surface area contributed by atoms with Crippen LogP contribution in [0.2, 0.25) is 0 Å². The van der Waals surface area contributed by atoms with Crippen molar-refractivity contribution < 1.29 is 14.3 Å². The van der Waals surface area contributed by atoms with E-state index >= 15 is 0 Å². The van der Waals surface area contributed by atoms with Crippen molar-refractivity contribution in [1.29, 1.82) is 0 Å². The molecule has 0 spiro atoms. The molecule has 0 aliphatic carbocycles. The monoisotopic (exact) mass is 358 g/mol. The topological polar surface area (TPSA) is 58.6 Å². The number of amides is 2. The molecule has 1 aromatic carbocycles. The first-order chi connectivity index (χ1) is 12.3. The molecule has 142 valence electrons. The predicted octanol–water partition coefficient (Wildman–Crippen LogP) is 3.09. The zero-order chi connectivity index (χ0) is 18.9. The van der Waals surface area contributed by atoms with Gasteiger partial charge in [-0.3, -0.25) is 9.59 Å². The molecule has 26 heavy (non-hydrogen) atoms. The number of likely N-dealkylation sites (tertiary alicyclic amines) is 1. The SMILES string of the molecule is COc1cccc([C@@H]2CN(C(=O)C(C)(C)C)[C@@H]3CCCCC(=O)N[C@H]32)c1. The summed E-state index contributed by atoms with van der Waals surface area (Å²) in [7, 11) is 1.66. The van der Waals surface area contributed by atoms with E-state index in [1.807, 2.05) is 43.9 Å². The average Bonchev–Trinajstić information content (AvgIpc) is 2.92. The van der Waals surface area contributed by atoms with Gasteiger partial charge in [0.25, 0.3) is 0 Å². The fourth-order valence-electron chi connectivity index (χ4n) is 4.20. The van der Waals surface area contributed by atoms with E-state index in [-0.39, 0.29) is 29.8 Å². The molecule has 0 saturated carbocycles. The second-order valence-corrected chi connectivity index (χ2v) is 8.50. The van der Waals surface area contributed by atoms with Crippen molar-refractivity contribution in [3.63, 3.8) is 0 Å². The number of rotatable bonds is 2. The molecular weight excluding hydrogens is 328 g/mol. The van der Waals surface area contributed by atoms with E-state index in [1.54, 1.807) is 7.11 Å². The molecule has 0 aromatic heterocycles. The van der Waals surface area contributed by atoms with Crippen LogP contribution in [0.15, 0.2) is 24.3 Å². The van der Waals surface area contributed by atoms with Crippen molar-refractivity contribution >= 4 is 11.8 Å². The highest BCUT2D eigenvalue weighted by Gasteiger charge is 2.47. The molecule has 3 atom stereocenters. The van der Waals surface area contributed by atoms with Gasteiger partial charge in [-0.1, -0.05) is 39.3 Å². The van der Waals surface area contributed by atoms with Gasteiger partial charge in [0.1, 0.15) is 5.75 Å². The van der Waals surface area contributed by atoms with Crippen molar-refractivity contribution in [3.8, 4) is 5.75 Å². The summed E-state index contributed by atoms with van der Waals surface area (Å²) < 4.78 is 5.38. The van der Waals surface area contributed by atoms with E-state index in [4.69, 9.17) is 4.74 Å². The first-order valence-corrected chi connectivity index (χ1v) is 9.55. The van der Waals surface area contributed by atoms with Gasteiger partial charge in [-0.15, -0.1) is 0 Å². The highest BCUT2D eigenvalue weighted by Crippen LogP contribution is 2.38. The third-order valence-electron chi connectivity index (χ3n) is 5.55. The molecule has 1 aromatic rings. The maximum atomic E-state index is 13.1. The van der Waals surface area contributed by atoms with Crippen LogP contribution in [-0.2, 0) is 9.59 Å². The van der Waals surface area contributed by atoms with E-state index in [9.17, 15) is 9.59 Å². The van der Waals surface area contributed by atoms with E-state index < -0.39 is 5.41 Å². The molecule has 0 bridgehead atoms. The number of nitrogens with zero attached hydrogens (tertiary/aromatic N) is 1. The molecule has 5 heteroatoms. The lowest BCUT2D eigenvalue weighted by Crippen LogP contribution is -2.50. The van der Waals surface area contributed by atoms with E-state index in [2.05, 4.69) is 11.4 Å². The van der Waals surface area contributed by atoms with Crippen LogP contribution in [0.25, 0.3) is 0 Å². The second kappa shape index (κ2) is 7.29. The van der Waals surface area contributed by atoms with Gasteiger partial charge in [0.2, 0.25) is 11.8 Å². The lowest BCUT2D eigenvalue weighted by molar-refractivity contribution is -0.141. The zero-order valence-corrected chi connectivity index (χ0v) is 16.2. The average molecular weight is 358 g/mol. The standard InChI is InChI=1S/C21H30N2O3/c1-21(2,3)20(25)23-13-16(14-8-7-9-15(12-14)26-4)19-17(23)10-5-6-11-18(24)22-19/h7-9,12,16-17,19H,5-6,10-11,13H2,1-4H3,(H,22,24)/t16-,17+,19-/m0/s1. The van der Waals surface area contributed by atoms with Crippen LogP contribution in [-0.4, -0.2) is 42.5 Å². The summed E-state index contributed by atoms with van der Waals surface area (Å²) in [4.78, 5) is 27.4. The van der Waals surface area contributed by atoms with Crippen LogP contribution in [0, 0.1) is 5.41 Å². The molecule has 2 fully saturated rings. The molecule has 0 unspecified atom stereocenters. The predicted molar refractivity (Wildman–Crippen MR) is 101 cm³/mol. The van der Waals surface area contributed by atoms with Gasteiger partial charge >= 0.3 is 0 Å². The normalized spacial score (nSPS) is 26.5. The molecular formula is C21H30N2O3. The van der Waals surface area contributed by atoms with Crippen LogP contribution in [0.5, 0.6) is 5.75 Å². The summed E-state index contributed by atoms with van der Waals surface area (Å²) in [5.41, 5.74) is 0.685. The minimum Gasteiger partial charge on any atom is -0.497 e. The van der Waals surface area contributed by atoms with Crippen molar-refractivity contribution in [1.82, 2.24) is 10.2 Å². The van der Waals surface area contributed by atoms with Gasteiger partial charge in [-0.2, -0.15) is 0 Å². The number of carbonyl (C=O) groups is 2. The third-order valence-corrected chi connectivity index (χ3v) is 5.55. The maximum Gasteiger partial charge on any atom is 0.228 e. The number of methoxy groups -OCH3 is 1. The Morgan fingerprint density at radius 1 is 1.27 bits per heavy atom. The van der Waals surface area contributed by atoms with E-state index in [1.165, 1.54) is 0 Å². The van der Waals surface area contributed by atoms with Gasteiger partial charge in [0.15, 0.2) is 0 Å². The highest BCUT2D eigenvalue weighted by molar-refractivity contribution is 5.83. The van der Waals surface area contributed by atoms with Crippen molar-refractivity contribution in [3.05, 3.63) is 29.8 Å². The minimum atomic E-state index is -0.430. The Kier molecular flexibility index (Phi) is 5.26. The van der Waals surface area contributed by atoms with Crippen LogP contribution in [0.4, 0.5) is 0 Å². The Morgan fingerprint density at radius 3 is 2.73 bits per heavy atom. The van der Waals surface area contributed by atoms with Crippen LogP contribution >= 0.6 is 0 Å². The Labute approximate surface area is 156 Å². The lowest BCUT2D eigenvalue weighted by Gasteiger charge is -2.34. The fourth-order valence-corrected chi connectivity index (χ4v) is 4.20. The Bertz CT molecular complexity index is 680. The molecule has 5 nitrogen and oxygen atoms in total. The van der Waals surface area contributed by atoms with Crippen molar-refractivity contribution in [2.24, 2.45) is 5.41 Å². The molecule has 2 saturated heterocycles. The lowest BCUT2D eigenvalue weighted by atomic mass is 9.88. The molecule has 0 radical (unpaired) electrons. The summed E-state index contributed by atoms with van der Waals surface area (Å²) in [5.74, 6) is 1.14. The fraction of sp³-hybridized carbons (Fsp3) is 0.619. The number of ether oxygens (including phenoxy) is 1.